The molecule has 2 N–H and O–H groups in total. The summed E-state index contributed by atoms with van der Waals surface area (Å²) in [6.45, 7) is 1.45. The fourth-order valence-corrected chi connectivity index (χ4v) is 2.02. The molecule has 0 radical (unpaired) electrons. The number of carbonyl (C=O) groups is 1. The van der Waals surface area contributed by atoms with E-state index in [9.17, 15) is 23.1 Å². The van der Waals surface area contributed by atoms with Crippen LogP contribution in [0.1, 0.15) is 30.2 Å². The van der Waals surface area contributed by atoms with Crippen LogP contribution < -0.4 is 5.32 Å². The van der Waals surface area contributed by atoms with Gasteiger partial charge in [-0.05, 0) is 13.8 Å². The number of thiazole rings is 1. The number of aliphatic hydroxyl groups is 1. The van der Waals surface area contributed by atoms with Gasteiger partial charge in [0.1, 0.15) is 17.8 Å². The summed E-state index contributed by atoms with van der Waals surface area (Å²) in [6, 6.07) is 0. The van der Waals surface area contributed by atoms with Gasteiger partial charge in [0.2, 0.25) is 5.89 Å². The molecule has 11 heteroatoms. The lowest BCUT2D eigenvalue weighted by Gasteiger charge is -2.09. The Morgan fingerprint density at radius 1 is 1.41 bits per heavy atom. The Morgan fingerprint density at radius 3 is 2.64 bits per heavy atom. The van der Waals surface area contributed by atoms with E-state index in [-0.39, 0.29) is 22.5 Å². The summed E-state index contributed by atoms with van der Waals surface area (Å²) < 4.78 is 41.3. The van der Waals surface area contributed by atoms with Crippen LogP contribution in [0.4, 0.5) is 13.2 Å². The zero-order valence-electron chi connectivity index (χ0n) is 11.4. The largest absolute Gasteiger partial charge is 0.415 e. The summed E-state index contributed by atoms with van der Waals surface area (Å²) in [5.74, 6) is -1.03. The van der Waals surface area contributed by atoms with Crippen LogP contribution in [-0.2, 0) is 5.60 Å². The maximum absolute atomic E-state index is 12.0. The Kier molecular flexibility index (Phi) is 4.20. The van der Waals surface area contributed by atoms with Crippen LogP contribution in [0.2, 0.25) is 0 Å². The maximum Gasteiger partial charge on any atom is 0.405 e. The van der Waals surface area contributed by atoms with Crippen molar-refractivity contribution in [3.05, 3.63) is 17.0 Å². The Bertz CT molecular complexity index is 675. The number of aromatic nitrogens is 3. The molecule has 0 aliphatic heterocycles. The Morgan fingerprint density at radius 2 is 2.09 bits per heavy atom. The standard InChI is InChI=1S/C11H11F3N4O3S/c1-10(2,20)9-18-17-7(21-9)8-16-5(3-22-8)6(19)15-4-11(12,13)14/h3,20H,4H2,1-2H3,(H,15,19). The van der Waals surface area contributed by atoms with Crippen molar-refractivity contribution in [2.24, 2.45) is 0 Å². The predicted octanol–water partition coefficient (Wildman–Crippen LogP) is 1.71. The van der Waals surface area contributed by atoms with Gasteiger partial charge in [-0.15, -0.1) is 21.5 Å². The summed E-state index contributed by atoms with van der Waals surface area (Å²) >= 11 is 0.957. The minimum absolute atomic E-state index is 0.0306. The lowest BCUT2D eigenvalue weighted by atomic mass is 10.1. The van der Waals surface area contributed by atoms with Crippen molar-refractivity contribution < 1.29 is 27.5 Å². The van der Waals surface area contributed by atoms with Gasteiger partial charge in [0.25, 0.3) is 11.8 Å². The van der Waals surface area contributed by atoms with Gasteiger partial charge in [0, 0.05) is 5.38 Å². The van der Waals surface area contributed by atoms with E-state index in [4.69, 9.17) is 4.42 Å². The first-order valence-electron chi connectivity index (χ1n) is 5.93. The molecule has 0 aromatic carbocycles. The average molecular weight is 336 g/mol. The van der Waals surface area contributed by atoms with Gasteiger partial charge in [0.05, 0.1) is 0 Å². The fourth-order valence-electron chi connectivity index (χ4n) is 1.30. The predicted molar refractivity (Wildman–Crippen MR) is 69.0 cm³/mol. The molecule has 2 aromatic rings. The van der Waals surface area contributed by atoms with Gasteiger partial charge in [-0.2, -0.15) is 13.2 Å². The first-order chi connectivity index (χ1) is 10.1. The number of carbonyl (C=O) groups excluding carboxylic acids is 1. The quantitative estimate of drug-likeness (QED) is 0.881. The molecular formula is C11H11F3N4O3S. The lowest BCUT2D eigenvalue weighted by Crippen LogP contribution is -2.33. The van der Waals surface area contributed by atoms with Crippen LogP contribution in [0, 0.1) is 0 Å². The Hall–Kier alpha value is -2.01. The minimum atomic E-state index is -4.50. The van der Waals surface area contributed by atoms with E-state index in [0.717, 1.165) is 11.3 Å². The Labute approximate surface area is 126 Å². The van der Waals surface area contributed by atoms with Crippen LogP contribution >= 0.6 is 11.3 Å². The summed E-state index contributed by atoms with van der Waals surface area (Å²) in [5, 5.41) is 20.2. The minimum Gasteiger partial charge on any atom is -0.415 e. The molecule has 0 saturated heterocycles. The average Bonchev–Trinajstić information content (AvgIpc) is 3.02. The third-order valence-corrected chi connectivity index (χ3v) is 3.15. The van der Waals surface area contributed by atoms with Crippen LogP contribution in [0.25, 0.3) is 10.9 Å². The molecule has 0 spiro atoms. The van der Waals surface area contributed by atoms with Crippen LogP contribution in [0.3, 0.4) is 0 Å². The van der Waals surface area contributed by atoms with E-state index in [2.05, 4.69) is 15.2 Å². The van der Waals surface area contributed by atoms with E-state index in [1.54, 1.807) is 5.32 Å². The molecule has 0 fully saturated rings. The zero-order chi connectivity index (χ0) is 16.5. The molecule has 0 aliphatic rings. The van der Waals surface area contributed by atoms with E-state index >= 15 is 0 Å². The number of rotatable bonds is 4. The number of hydrogen-bond donors (Lipinski definition) is 2. The highest BCUT2D eigenvalue weighted by Crippen LogP contribution is 2.26. The third-order valence-electron chi connectivity index (χ3n) is 2.32. The van der Waals surface area contributed by atoms with Crippen molar-refractivity contribution in [1.29, 1.82) is 0 Å². The summed E-state index contributed by atoms with van der Waals surface area (Å²) in [5.41, 5.74) is -1.53. The van der Waals surface area contributed by atoms with E-state index in [1.807, 2.05) is 0 Å². The topological polar surface area (TPSA) is 101 Å². The van der Waals surface area contributed by atoms with Gasteiger partial charge in [-0.3, -0.25) is 4.79 Å². The molecule has 22 heavy (non-hydrogen) atoms. The molecule has 0 aliphatic carbocycles. The molecule has 2 rings (SSSR count). The van der Waals surface area contributed by atoms with E-state index in [0.29, 0.717) is 0 Å². The molecule has 120 valence electrons. The van der Waals surface area contributed by atoms with Gasteiger partial charge < -0.3 is 14.8 Å². The number of hydrogen-bond acceptors (Lipinski definition) is 7. The first kappa shape index (κ1) is 16.4. The third kappa shape index (κ3) is 4.01. The molecule has 0 unspecified atom stereocenters. The summed E-state index contributed by atoms with van der Waals surface area (Å²) in [7, 11) is 0. The molecule has 0 atom stereocenters. The van der Waals surface area contributed by atoms with Gasteiger partial charge in [-0.1, -0.05) is 0 Å². The normalized spacial score (nSPS) is 12.5. The maximum atomic E-state index is 12.0. The van der Waals surface area contributed by atoms with Crippen molar-refractivity contribution in [2.45, 2.75) is 25.6 Å². The highest BCUT2D eigenvalue weighted by molar-refractivity contribution is 7.13. The number of nitrogens with zero attached hydrogens (tertiary/aromatic N) is 3. The fraction of sp³-hybridized carbons (Fsp3) is 0.455. The molecule has 7 nitrogen and oxygen atoms in total. The SMILES string of the molecule is CC(C)(O)c1nnc(-c2nc(C(=O)NCC(F)(F)F)cs2)o1. The van der Waals surface area contributed by atoms with Gasteiger partial charge >= 0.3 is 6.18 Å². The smallest absolute Gasteiger partial charge is 0.405 e. The molecular weight excluding hydrogens is 325 g/mol. The van der Waals surface area contributed by atoms with Crippen molar-refractivity contribution in [3.63, 3.8) is 0 Å². The monoisotopic (exact) mass is 336 g/mol. The zero-order valence-corrected chi connectivity index (χ0v) is 12.2. The number of nitrogens with one attached hydrogen (secondary N) is 1. The van der Waals surface area contributed by atoms with Gasteiger partial charge in [-0.25, -0.2) is 4.98 Å². The molecule has 0 bridgehead atoms. The first-order valence-corrected chi connectivity index (χ1v) is 6.81. The number of alkyl halides is 3. The second-order valence-electron chi connectivity index (χ2n) is 4.81. The van der Waals surface area contributed by atoms with Crippen molar-refractivity contribution in [3.8, 4) is 10.9 Å². The van der Waals surface area contributed by atoms with Crippen LogP contribution in [0.15, 0.2) is 9.80 Å². The molecule has 2 aromatic heterocycles. The number of amides is 1. The highest BCUT2D eigenvalue weighted by Gasteiger charge is 2.29. The molecule has 1 amide bonds. The molecule has 0 saturated carbocycles. The van der Waals surface area contributed by atoms with Crippen LogP contribution in [-0.4, -0.2) is 38.9 Å². The van der Waals surface area contributed by atoms with Crippen LogP contribution in [0.5, 0.6) is 0 Å². The Balaban J connectivity index is 2.11. The van der Waals surface area contributed by atoms with Gasteiger partial charge in [0.15, 0.2) is 5.01 Å². The summed E-state index contributed by atoms with van der Waals surface area (Å²) in [6.07, 6.45) is -4.50. The van der Waals surface area contributed by atoms with E-state index < -0.39 is 24.2 Å². The second kappa shape index (κ2) is 5.65. The highest BCUT2D eigenvalue weighted by atomic mass is 32.1. The van der Waals surface area contributed by atoms with E-state index in [1.165, 1.54) is 19.2 Å². The van der Waals surface area contributed by atoms with Crippen molar-refractivity contribution in [2.75, 3.05) is 6.54 Å². The van der Waals surface area contributed by atoms with Crippen molar-refractivity contribution in [1.82, 2.24) is 20.5 Å². The van der Waals surface area contributed by atoms with Crippen molar-refractivity contribution >= 4 is 17.2 Å². The lowest BCUT2D eigenvalue weighted by molar-refractivity contribution is -0.123. The second-order valence-corrected chi connectivity index (χ2v) is 5.67. The number of halogens is 3. The summed E-state index contributed by atoms with van der Waals surface area (Å²) in [4.78, 5) is 15.4. The molecule has 2 heterocycles.